The van der Waals surface area contributed by atoms with Crippen LogP contribution in [0.1, 0.15) is 6.42 Å². The second-order valence-electron chi connectivity index (χ2n) is 9.76. The van der Waals surface area contributed by atoms with Crippen LogP contribution < -0.4 is 10.2 Å². The SMILES string of the molecule is O=C1[C@H]2C3CC(CN3C(=O)Nc3ccccc3-c3ccccc3)N2C(=O)N1c1cccc2ccccc12. The molecule has 7 nitrogen and oxygen atoms in total. The maximum absolute atomic E-state index is 13.7. The number of hydrogen-bond acceptors (Lipinski definition) is 3. The van der Waals surface area contributed by atoms with Gasteiger partial charge in [-0.25, -0.2) is 14.5 Å². The van der Waals surface area contributed by atoms with Crippen LogP contribution >= 0.6 is 0 Å². The van der Waals surface area contributed by atoms with Crippen LogP contribution in [0.25, 0.3) is 21.9 Å². The van der Waals surface area contributed by atoms with Crippen LogP contribution in [-0.2, 0) is 4.79 Å². The summed E-state index contributed by atoms with van der Waals surface area (Å²) < 4.78 is 0. The number of urea groups is 2. The number of carbonyl (C=O) groups is 3. The molecule has 7 rings (SSSR count). The number of benzene rings is 4. The van der Waals surface area contributed by atoms with Crippen LogP contribution in [-0.4, -0.2) is 52.4 Å². The normalized spacial score (nSPS) is 22.2. The van der Waals surface area contributed by atoms with Crippen molar-refractivity contribution in [3.8, 4) is 11.1 Å². The summed E-state index contributed by atoms with van der Waals surface area (Å²) in [5.74, 6) is -0.268. The van der Waals surface area contributed by atoms with Gasteiger partial charge in [0.1, 0.15) is 6.04 Å². The predicted molar refractivity (Wildman–Crippen MR) is 142 cm³/mol. The number of nitrogens with one attached hydrogen (secondary N) is 1. The lowest BCUT2D eigenvalue weighted by molar-refractivity contribution is -0.120. The van der Waals surface area contributed by atoms with Crippen LogP contribution in [0.2, 0.25) is 0 Å². The molecule has 3 aliphatic heterocycles. The lowest BCUT2D eigenvalue weighted by atomic mass is 10.0. The summed E-state index contributed by atoms with van der Waals surface area (Å²) in [6.45, 7) is 0.406. The summed E-state index contributed by atoms with van der Waals surface area (Å²) in [5.41, 5.74) is 3.24. The van der Waals surface area contributed by atoms with Crippen molar-refractivity contribution in [1.29, 1.82) is 0 Å². The summed E-state index contributed by atoms with van der Waals surface area (Å²) >= 11 is 0. The number of para-hydroxylation sites is 1. The molecule has 37 heavy (non-hydrogen) atoms. The van der Waals surface area contributed by atoms with Crippen molar-refractivity contribution in [2.24, 2.45) is 0 Å². The third-order valence-electron chi connectivity index (χ3n) is 7.79. The first kappa shape index (κ1) is 21.6. The summed E-state index contributed by atoms with van der Waals surface area (Å²) in [4.78, 5) is 45.4. The molecule has 3 atom stereocenters. The lowest BCUT2D eigenvalue weighted by Crippen LogP contribution is -2.55. The van der Waals surface area contributed by atoms with E-state index >= 15 is 0 Å². The molecule has 7 heteroatoms. The Hall–Kier alpha value is -4.65. The summed E-state index contributed by atoms with van der Waals surface area (Å²) in [6.07, 6.45) is 0.610. The van der Waals surface area contributed by atoms with Gasteiger partial charge in [-0.05, 0) is 29.5 Å². The zero-order valence-corrected chi connectivity index (χ0v) is 20.0. The first-order chi connectivity index (χ1) is 18.1. The number of fused-ring (bicyclic) bond motifs is 6. The topological polar surface area (TPSA) is 73.0 Å². The van der Waals surface area contributed by atoms with E-state index in [-0.39, 0.29) is 30.1 Å². The van der Waals surface area contributed by atoms with Crippen molar-refractivity contribution in [2.75, 3.05) is 16.8 Å². The minimum absolute atomic E-state index is 0.179. The summed E-state index contributed by atoms with van der Waals surface area (Å²) in [6, 6.07) is 29.2. The van der Waals surface area contributed by atoms with Crippen molar-refractivity contribution >= 4 is 40.1 Å². The molecule has 3 saturated heterocycles. The number of amides is 5. The average molecular weight is 489 g/mol. The second kappa shape index (κ2) is 8.20. The fourth-order valence-corrected chi connectivity index (χ4v) is 6.16. The van der Waals surface area contributed by atoms with E-state index in [1.54, 1.807) is 9.80 Å². The highest BCUT2D eigenvalue weighted by atomic mass is 16.2. The Labute approximate surface area is 213 Å². The zero-order chi connectivity index (χ0) is 25.1. The van der Waals surface area contributed by atoms with Gasteiger partial charge in [0, 0.05) is 17.5 Å². The van der Waals surface area contributed by atoms with Gasteiger partial charge in [-0.1, -0.05) is 84.9 Å². The van der Waals surface area contributed by atoms with E-state index < -0.39 is 6.04 Å². The molecule has 4 aromatic rings. The smallest absolute Gasteiger partial charge is 0.317 e. The number of likely N-dealkylation sites (tertiary alicyclic amines) is 1. The van der Waals surface area contributed by atoms with Gasteiger partial charge in [0.25, 0.3) is 5.91 Å². The van der Waals surface area contributed by atoms with Crippen molar-refractivity contribution in [2.45, 2.75) is 24.5 Å². The predicted octanol–water partition coefficient (Wildman–Crippen LogP) is 5.33. The Kier molecular flexibility index (Phi) is 4.79. The number of anilines is 2. The monoisotopic (exact) mass is 488 g/mol. The molecule has 1 N–H and O–H groups in total. The molecule has 5 amide bonds. The average Bonchev–Trinajstić information content (AvgIpc) is 3.60. The van der Waals surface area contributed by atoms with Gasteiger partial charge in [-0.3, -0.25) is 4.79 Å². The standard InChI is InChI=1S/C30H24N4O3/c35-28-27-26-17-21(33(27)30(37)34(28)25-16-8-12-20-11-4-5-14-23(20)25)18-32(26)29(36)31-24-15-7-6-13-22(24)19-9-2-1-3-10-19/h1-16,21,26-27H,17-18H2,(H,31,36)/t21?,26?,27-/m1/s1. The minimum Gasteiger partial charge on any atom is -0.317 e. The van der Waals surface area contributed by atoms with E-state index in [0.29, 0.717) is 24.3 Å². The van der Waals surface area contributed by atoms with Crippen LogP contribution in [0.5, 0.6) is 0 Å². The van der Waals surface area contributed by atoms with E-state index in [0.717, 1.165) is 21.9 Å². The number of hydrogen-bond donors (Lipinski definition) is 1. The van der Waals surface area contributed by atoms with Crippen LogP contribution in [0.4, 0.5) is 21.0 Å². The number of carbonyl (C=O) groups excluding carboxylic acids is 3. The Balaban J connectivity index is 1.17. The first-order valence-electron chi connectivity index (χ1n) is 12.5. The highest BCUT2D eigenvalue weighted by molar-refractivity contribution is 6.25. The number of nitrogens with zero attached hydrogens (tertiary/aromatic N) is 3. The van der Waals surface area contributed by atoms with Crippen molar-refractivity contribution in [3.63, 3.8) is 0 Å². The molecule has 182 valence electrons. The van der Waals surface area contributed by atoms with Gasteiger partial charge in [-0.15, -0.1) is 0 Å². The number of rotatable bonds is 3. The zero-order valence-electron chi connectivity index (χ0n) is 20.0. The lowest BCUT2D eigenvalue weighted by Gasteiger charge is -2.35. The van der Waals surface area contributed by atoms with E-state index in [9.17, 15) is 14.4 Å². The van der Waals surface area contributed by atoms with E-state index in [2.05, 4.69) is 5.32 Å². The minimum atomic E-state index is -0.666. The third-order valence-corrected chi connectivity index (χ3v) is 7.79. The largest absolute Gasteiger partial charge is 0.332 e. The molecule has 0 aromatic heterocycles. The molecule has 2 unspecified atom stereocenters. The van der Waals surface area contributed by atoms with Crippen LogP contribution in [0.3, 0.4) is 0 Å². The Morgan fingerprint density at radius 3 is 2.41 bits per heavy atom. The molecule has 3 heterocycles. The molecular formula is C30H24N4O3. The van der Waals surface area contributed by atoms with Crippen LogP contribution in [0.15, 0.2) is 97.1 Å². The van der Waals surface area contributed by atoms with Gasteiger partial charge < -0.3 is 15.1 Å². The molecule has 0 spiro atoms. The maximum Gasteiger partial charge on any atom is 0.332 e. The molecule has 3 fully saturated rings. The van der Waals surface area contributed by atoms with Gasteiger partial charge in [0.05, 0.1) is 23.5 Å². The van der Waals surface area contributed by atoms with E-state index in [1.807, 2.05) is 97.1 Å². The molecule has 0 saturated carbocycles. The van der Waals surface area contributed by atoms with Crippen LogP contribution in [0, 0.1) is 0 Å². The van der Waals surface area contributed by atoms with E-state index in [4.69, 9.17) is 0 Å². The summed E-state index contributed by atoms with van der Waals surface area (Å²) in [5, 5.41) is 4.89. The second-order valence-corrected chi connectivity index (χ2v) is 9.76. The highest BCUT2D eigenvalue weighted by Crippen LogP contribution is 2.43. The third kappa shape index (κ3) is 3.24. The fraction of sp³-hybridized carbons (Fsp3) is 0.167. The van der Waals surface area contributed by atoms with Gasteiger partial charge >= 0.3 is 12.1 Å². The highest BCUT2D eigenvalue weighted by Gasteiger charge is 2.63. The van der Waals surface area contributed by atoms with Crippen molar-refractivity contribution < 1.29 is 14.4 Å². The van der Waals surface area contributed by atoms with E-state index in [1.165, 1.54) is 4.90 Å². The molecule has 3 aliphatic rings. The molecule has 0 aliphatic carbocycles. The van der Waals surface area contributed by atoms with Crippen molar-refractivity contribution in [3.05, 3.63) is 97.1 Å². The fourth-order valence-electron chi connectivity index (χ4n) is 6.16. The Bertz CT molecular complexity index is 1560. The number of piperazine rings is 1. The number of imide groups is 1. The van der Waals surface area contributed by atoms with Gasteiger partial charge in [-0.2, -0.15) is 0 Å². The Morgan fingerprint density at radius 1 is 0.811 bits per heavy atom. The molecule has 4 aromatic carbocycles. The maximum atomic E-state index is 13.7. The summed E-state index contributed by atoms with van der Waals surface area (Å²) in [7, 11) is 0. The molecular weight excluding hydrogens is 464 g/mol. The molecule has 0 radical (unpaired) electrons. The first-order valence-corrected chi connectivity index (χ1v) is 12.5. The molecule has 2 bridgehead atoms. The Morgan fingerprint density at radius 2 is 1.54 bits per heavy atom. The van der Waals surface area contributed by atoms with Crippen molar-refractivity contribution in [1.82, 2.24) is 9.80 Å². The quantitative estimate of drug-likeness (QED) is 0.396. The van der Waals surface area contributed by atoms with Gasteiger partial charge in [0.15, 0.2) is 0 Å². The van der Waals surface area contributed by atoms with Gasteiger partial charge in [0.2, 0.25) is 0 Å².